The molecule has 2 rings (SSSR count). The van der Waals surface area contributed by atoms with E-state index in [0.29, 0.717) is 6.61 Å². The molecule has 5 heteroatoms. The van der Waals surface area contributed by atoms with E-state index in [1.807, 2.05) is 37.2 Å². The number of benzene rings is 1. The van der Waals surface area contributed by atoms with Gasteiger partial charge in [-0.1, -0.05) is 0 Å². The van der Waals surface area contributed by atoms with Crippen molar-refractivity contribution in [1.82, 2.24) is 9.88 Å². The van der Waals surface area contributed by atoms with E-state index in [1.165, 1.54) is 0 Å². The first kappa shape index (κ1) is 12.4. The Balaban J connectivity index is 2.14. The first-order valence-corrected chi connectivity index (χ1v) is 5.70. The largest absolute Gasteiger partial charge is 0.492 e. The molecule has 0 spiro atoms. The molecule has 0 fully saturated rings. The first-order valence-electron chi connectivity index (χ1n) is 5.70. The Morgan fingerprint density at radius 2 is 2.17 bits per heavy atom. The monoisotopic (exact) mass is 248 g/mol. The summed E-state index contributed by atoms with van der Waals surface area (Å²) < 4.78 is 5.59. The highest BCUT2D eigenvalue weighted by molar-refractivity contribution is 5.94. The summed E-state index contributed by atoms with van der Waals surface area (Å²) in [6, 6.07) is 7.11. The molecule has 2 aromatic rings. The SMILES string of the molecule is CN(C)CCOc1ccc2[nH]c(C(=O)O)cc2c1. The molecule has 0 saturated carbocycles. The number of nitrogens with one attached hydrogen (secondary N) is 1. The Morgan fingerprint density at radius 3 is 2.83 bits per heavy atom. The lowest BCUT2D eigenvalue weighted by atomic mass is 10.2. The topological polar surface area (TPSA) is 65.6 Å². The smallest absolute Gasteiger partial charge is 0.352 e. The predicted molar refractivity (Wildman–Crippen MR) is 69.3 cm³/mol. The molecule has 2 N–H and O–H groups in total. The number of ether oxygens (including phenoxy) is 1. The predicted octanol–water partition coefficient (Wildman–Crippen LogP) is 1.81. The molecule has 0 unspecified atom stereocenters. The van der Waals surface area contributed by atoms with Crippen molar-refractivity contribution in [2.24, 2.45) is 0 Å². The number of hydrogen-bond acceptors (Lipinski definition) is 3. The van der Waals surface area contributed by atoms with Gasteiger partial charge in [0.05, 0.1) is 0 Å². The second kappa shape index (κ2) is 5.10. The summed E-state index contributed by atoms with van der Waals surface area (Å²) in [5, 5.41) is 9.73. The van der Waals surface area contributed by atoms with Crippen LogP contribution in [0.1, 0.15) is 10.5 Å². The minimum atomic E-state index is -0.957. The van der Waals surface area contributed by atoms with Gasteiger partial charge in [0.15, 0.2) is 0 Å². The molecule has 0 radical (unpaired) electrons. The number of aromatic carboxylic acids is 1. The van der Waals surface area contributed by atoms with Crippen LogP contribution in [0, 0.1) is 0 Å². The summed E-state index contributed by atoms with van der Waals surface area (Å²) in [6.45, 7) is 1.44. The molecular formula is C13H16N2O3. The van der Waals surface area contributed by atoms with Gasteiger partial charge in [0.1, 0.15) is 18.1 Å². The van der Waals surface area contributed by atoms with Gasteiger partial charge in [0, 0.05) is 17.4 Å². The van der Waals surface area contributed by atoms with Crippen LogP contribution in [0.15, 0.2) is 24.3 Å². The highest BCUT2D eigenvalue weighted by Gasteiger charge is 2.07. The van der Waals surface area contributed by atoms with E-state index in [1.54, 1.807) is 6.07 Å². The number of hydrogen-bond donors (Lipinski definition) is 2. The van der Waals surface area contributed by atoms with Crippen LogP contribution in [0.4, 0.5) is 0 Å². The standard InChI is InChI=1S/C13H16N2O3/c1-15(2)5-6-18-10-3-4-11-9(7-10)8-12(14-11)13(16)17/h3-4,7-8,14H,5-6H2,1-2H3,(H,16,17). The number of aromatic nitrogens is 1. The highest BCUT2D eigenvalue weighted by Crippen LogP contribution is 2.21. The molecule has 0 aliphatic rings. The van der Waals surface area contributed by atoms with Crippen LogP contribution in [0.2, 0.25) is 0 Å². The first-order chi connectivity index (χ1) is 8.56. The average molecular weight is 248 g/mol. The molecule has 0 atom stereocenters. The van der Waals surface area contributed by atoms with E-state index in [2.05, 4.69) is 4.98 Å². The van der Waals surface area contributed by atoms with Crippen LogP contribution < -0.4 is 4.74 Å². The molecule has 96 valence electrons. The molecule has 1 heterocycles. The van der Waals surface area contributed by atoms with E-state index in [4.69, 9.17) is 9.84 Å². The van der Waals surface area contributed by atoms with Crippen LogP contribution >= 0.6 is 0 Å². The molecule has 0 saturated heterocycles. The maximum absolute atomic E-state index is 10.8. The zero-order chi connectivity index (χ0) is 13.1. The second-order valence-corrected chi connectivity index (χ2v) is 4.39. The third-order valence-corrected chi connectivity index (χ3v) is 2.63. The minimum Gasteiger partial charge on any atom is -0.492 e. The van der Waals surface area contributed by atoms with Gasteiger partial charge in [-0.25, -0.2) is 4.79 Å². The summed E-state index contributed by atoms with van der Waals surface area (Å²) in [5.41, 5.74) is 0.989. The normalized spacial score (nSPS) is 11.1. The van der Waals surface area contributed by atoms with Gasteiger partial charge in [-0.3, -0.25) is 0 Å². The van der Waals surface area contributed by atoms with Crippen LogP contribution in [-0.4, -0.2) is 48.2 Å². The van der Waals surface area contributed by atoms with Gasteiger partial charge in [0.2, 0.25) is 0 Å². The second-order valence-electron chi connectivity index (χ2n) is 4.39. The van der Waals surface area contributed by atoms with Crippen LogP contribution in [-0.2, 0) is 0 Å². The number of carbonyl (C=O) groups is 1. The Kier molecular flexibility index (Phi) is 3.53. The number of likely N-dealkylation sites (N-methyl/N-ethyl adjacent to an activating group) is 1. The lowest BCUT2D eigenvalue weighted by Gasteiger charge is -2.10. The highest BCUT2D eigenvalue weighted by atomic mass is 16.5. The molecule has 5 nitrogen and oxygen atoms in total. The zero-order valence-corrected chi connectivity index (χ0v) is 10.4. The Bertz CT molecular complexity index is 560. The Hall–Kier alpha value is -2.01. The van der Waals surface area contributed by atoms with Crippen molar-refractivity contribution in [2.45, 2.75) is 0 Å². The van der Waals surface area contributed by atoms with Crippen molar-refractivity contribution in [3.63, 3.8) is 0 Å². The van der Waals surface area contributed by atoms with Crippen LogP contribution in [0.25, 0.3) is 10.9 Å². The molecule has 0 aliphatic carbocycles. The average Bonchev–Trinajstić information content (AvgIpc) is 2.71. The lowest BCUT2D eigenvalue weighted by Crippen LogP contribution is -2.19. The van der Waals surface area contributed by atoms with Crippen molar-refractivity contribution in [3.8, 4) is 5.75 Å². The molecule has 0 bridgehead atoms. The number of rotatable bonds is 5. The maximum Gasteiger partial charge on any atom is 0.352 e. The lowest BCUT2D eigenvalue weighted by molar-refractivity contribution is 0.0691. The number of H-pyrrole nitrogens is 1. The molecule has 0 amide bonds. The third-order valence-electron chi connectivity index (χ3n) is 2.63. The van der Waals surface area contributed by atoms with Gasteiger partial charge in [-0.2, -0.15) is 0 Å². The van der Waals surface area contributed by atoms with Gasteiger partial charge in [-0.05, 0) is 38.4 Å². The summed E-state index contributed by atoms with van der Waals surface area (Å²) in [5.74, 6) is -0.207. The zero-order valence-electron chi connectivity index (χ0n) is 10.4. The van der Waals surface area contributed by atoms with Crippen molar-refractivity contribution in [1.29, 1.82) is 0 Å². The summed E-state index contributed by atoms with van der Waals surface area (Å²) >= 11 is 0. The third kappa shape index (κ3) is 2.81. The van der Waals surface area contributed by atoms with Gasteiger partial charge in [-0.15, -0.1) is 0 Å². The Labute approximate surface area is 105 Å². The van der Waals surface area contributed by atoms with E-state index in [0.717, 1.165) is 23.2 Å². The summed E-state index contributed by atoms with van der Waals surface area (Å²) in [6.07, 6.45) is 0. The van der Waals surface area contributed by atoms with E-state index >= 15 is 0 Å². The van der Waals surface area contributed by atoms with Crippen LogP contribution in [0.5, 0.6) is 5.75 Å². The fraction of sp³-hybridized carbons (Fsp3) is 0.308. The van der Waals surface area contributed by atoms with Gasteiger partial charge < -0.3 is 19.7 Å². The quantitative estimate of drug-likeness (QED) is 0.847. The van der Waals surface area contributed by atoms with Crippen molar-refractivity contribution >= 4 is 16.9 Å². The number of nitrogens with zero attached hydrogens (tertiary/aromatic N) is 1. The molecule has 18 heavy (non-hydrogen) atoms. The fourth-order valence-corrected chi connectivity index (χ4v) is 1.66. The van der Waals surface area contributed by atoms with Crippen LogP contribution in [0.3, 0.4) is 0 Å². The van der Waals surface area contributed by atoms with E-state index < -0.39 is 5.97 Å². The van der Waals surface area contributed by atoms with Gasteiger partial charge in [0.25, 0.3) is 0 Å². The molecule has 1 aromatic carbocycles. The molecule has 0 aliphatic heterocycles. The summed E-state index contributed by atoms with van der Waals surface area (Å²) in [4.78, 5) is 15.7. The van der Waals surface area contributed by atoms with E-state index in [9.17, 15) is 4.79 Å². The van der Waals surface area contributed by atoms with Crippen molar-refractivity contribution < 1.29 is 14.6 Å². The minimum absolute atomic E-state index is 0.190. The summed E-state index contributed by atoms with van der Waals surface area (Å²) in [7, 11) is 3.97. The molecular weight excluding hydrogens is 232 g/mol. The van der Waals surface area contributed by atoms with Gasteiger partial charge >= 0.3 is 5.97 Å². The number of aromatic amines is 1. The van der Waals surface area contributed by atoms with Crippen molar-refractivity contribution in [3.05, 3.63) is 30.0 Å². The van der Waals surface area contributed by atoms with E-state index in [-0.39, 0.29) is 5.69 Å². The Morgan fingerprint density at radius 1 is 1.39 bits per heavy atom. The fourth-order valence-electron chi connectivity index (χ4n) is 1.66. The molecule has 1 aromatic heterocycles. The number of carboxylic acid groups (broad SMARTS) is 1. The maximum atomic E-state index is 10.8. The number of fused-ring (bicyclic) bond motifs is 1. The van der Waals surface area contributed by atoms with Crippen molar-refractivity contribution in [2.75, 3.05) is 27.2 Å². The number of carboxylic acids is 1.